The summed E-state index contributed by atoms with van der Waals surface area (Å²) in [6.45, 7) is 10.8. The molecule has 0 heterocycles. The van der Waals surface area contributed by atoms with Crippen LogP contribution >= 0.6 is 0 Å². The van der Waals surface area contributed by atoms with E-state index in [1.807, 2.05) is 19.1 Å². The van der Waals surface area contributed by atoms with Gasteiger partial charge in [0.2, 0.25) is 0 Å². The second kappa shape index (κ2) is 6.81. The fraction of sp³-hybridized carbons (Fsp3) is 0.529. The molecule has 0 saturated heterocycles. The number of nitrogens with one attached hydrogen (secondary N) is 1. The molecule has 5 nitrogen and oxygen atoms in total. The van der Waals surface area contributed by atoms with Gasteiger partial charge in [0.25, 0.3) is 0 Å². The van der Waals surface area contributed by atoms with Crippen LogP contribution in [-0.4, -0.2) is 29.8 Å². The number of aryl methyl sites for hydroxylation is 1. The highest BCUT2D eigenvalue weighted by atomic mass is 16.6. The van der Waals surface area contributed by atoms with Crippen molar-refractivity contribution >= 4 is 12.1 Å². The molecule has 1 N–H and O–H groups in total. The molecule has 1 aromatic carbocycles. The first-order valence-electron chi connectivity index (χ1n) is 7.24. The van der Waals surface area contributed by atoms with Crippen LogP contribution in [0.5, 0.6) is 0 Å². The van der Waals surface area contributed by atoms with Crippen molar-refractivity contribution < 1.29 is 19.1 Å². The predicted octanol–water partition coefficient (Wildman–Crippen LogP) is 3.46. The summed E-state index contributed by atoms with van der Waals surface area (Å²) in [5.41, 5.74) is 0.0829. The summed E-state index contributed by atoms with van der Waals surface area (Å²) in [6.07, 6.45) is -0.538. The van der Waals surface area contributed by atoms with Gasteiger partial charge in [0.15, 0.2) is 0 Å². The van der Waals surface area contributed by atoms with Crippen molar-refractivity contribution in [3.63, 3.8) is 0 Å². The van der Waals surface area contributed by atoms with Crippen LogP contribution in [0.1, 0.15) is 50.5 Å². The van der Waals surface area contributed by atoms with Crippen LogP contribution in [-0.2, 0) is 9.47 Å². The lowest BCUT2D eigenvalue weighted by Crippen LogP contribution is -2.49. The van der Waals surface area contributed by atoms with E-state index in [0.717, 1.165) is 5.56 Å². The molecule has 0 aliphatic rings. The molecule has 1 aromatic rings. The average Bonchev–Trinajstić information content (AvgIpc) is 2.33. The van der Waals surface area contributed by atoms with Crippen molar-refractivity contribution in [2.45, 2.75) is 52.7 Å². The average molecular weight is 307 g/mol. The molecule has 0 bridgehead atoms. The van der Waals surface area contributed by atoms with Gasteiger partial charge < -0.3 is 14.8 Å². The first-order chi connectivity index (χ1) is 10.0. The SMILES string of the molecule is Cc1ccccc1C(=O)OCC(C)(C)NC(=O)OC(C)(C)C. The van der Waals surface area contributed by atoms with E-state index >= 15 is 0 Å². The van der Waals surface area contributed by atoms with Crippen LogP contribution in [0, 0.1) is 6.92 Å². The van der Waals surface area contributed by atoms with E-state index in [0.29, 0.717) is 5.56 Å². The third-order valence-electron chi connectivity index (χ3n) is 2.77. The summed E-state index contributed by atoms with van der Waals surface area (Å²) in [6, 6.07) is 7.21. The zero-order valence-corrected chi connectivity index (χ0v) is 14.1. The number of amides is 1. The second-order valence-electron chi connectivity index (χ2n) is 6.90. The van der Waals surface area contributed by atoms with Gasteiger partial charge in [-0.15, -0.1) is 0 Å². The number of carbonyl (C=O) groups excluding carboxylic acids is 2. The molecule has 0 saturated carbocycles. The molecule has 0 fully saturated rings. The van der Waals surface area contributed by atoms with Crippen LogP contribution in [0.4, 0.5) is 4.79 Å². The summed E-state index contributed by atoms with van der Waals surface area (Å²) in [7, 11) is 0. The predicted molar refractivity (Wildman–Crippen MR) is 84.9 cm³/mol. The van der Waals surface area contributed by atoms with E-state index in [2.05, 4.69) is 5.32 Å². The Balaban J connectivity index is 2.57. The Morgan fingerprint density at radius 1 is 1.09 bits per heavy atom. The second-order valence-corrected chi connectivity index (χ2v) is 6.90. The number of alkyl carbamates (subject to hydrolysis) is 1. The Morgan fingerprint density at radius 2 is 1.68 bits per heavy atom. The highest BCUT2D eigenvalue weighted by Crippen LogP contribution is 2.12. The lowest BCUT2D eigenvalue weighted by Gasteiger charge is -2.28. The smallest absolute Gasteiger partial charge is 0.408 e. The number of rotatable bonds is 4. The lowest BCUT2D eigenvalue weighted by atomic mass is 10.1. The maximum absolute atomic E-state index is 12.1. The minimum Gasteiger partial charge on any atom is -0.460 e. The molecule has 0 radical (unpaired) electrons. The number of hydrogen-bond acceptors (Lipinski definition) is 4. The van der Waals surface area contributed by atoms with Gasteiger partial charge in [-0.1, -0.05) is 18.2 Å². The zero-order chi connectivity index (χ0) is 17.0. The van der Waals surface area contributed by atoms with Crippen molar-refractivity contribution in [3.05, 3.63) is 35.4 Å². The molecule has 122 valence electrons. The van der Waals surface area contributed by atoms with Crippen LogP contribution in [0.2, 0.25) is 0 Å². The van der Waals surface area contributed by atoms with Crippen LogP contribution in [0.15, 0.2) is 24.3 Å². The lowest BCUT2D eigenvalue weighted by molar-refractivity contribution is 0.0285. The first-order valence-corrected chi connectivity index (χ1v) is 7.24. The summed E-state index contributed by atoms with van der Waals surface area (Å²) in [5.74, 6) is -0.405. The quantitative estimate of drug-likeness (QED) is 0.865. The van der Waals surface area contributed by atoms with Gasteiger partial charge in [0, 0.05) is 0 Å². The Labute approximate surface area is 132 Å². The maximum Gasteiger partial charge on any atom is 0.408 e. The van der Waals surface area contributed by atoms with Gasteiger partial charge >= 0.3 is 12.1 Å². The fourth-order valence-electron chi connectivity index (χ4n) is 1.74. The molecule has 1 rings (SSSR count). The zero-order valence-electron chi connectivity index (χ0n) is 14.1. The third kappa shape index (κ3) is 6.16. The van der Waals surface area contributed by atoms with Crippen molar-refractivity contribution in [1.29, 1.82) is 0 Å². The highest BCUT2D eigenvalue weighted by Gasteiger charge is 2.26. The number of carbonyl (C=O) groups is 2. The van der Waals surface area contributed by atoms with Crippen LogP contribution in [0.3, 0.4) is 0 Å². The normalized spacial score (nSPS) is 11.7. The minimum atomic E-state index is -0.722. The van der Waals surface area contributed by atoms with Gasteiger partial charge in [-0.05, 0) is 53.2 Å². The van der Waals surface area contributed by atoms with E-state index < -0.39 is 23.2 Å². The summed E-state index contributed by atoms with van der Waals surface area (Å²) < 4.78 is 10.5. The molecular weight excluding hydrogens is 282 g/mol. The van der Waals surface area contributed by atoms with E-state index in [1.165, 1.54) is 0 Å². The monoisotopic (exact) mass is 307 g/mol. The number of ether oxygens (including phenoxy) is 2. The Bertz CT molecular complexity index is 544. The first kappa shape index (κ1) is 18.0. The number of benzene rings is 1. The molecule has 5 heteroatoms. The van der Waals surface area contributed by atoms with Crippen LogP contribution in [0.25, 0.3) is 0 Å². The summed E-state index contributed by atoms with van der Waals surface area (Å²) in [5, 5.41) is 2.70. The van der Waals surface area contributed by atoms with Crippen molar-refractivity contribution in [3.8, 4) is 0 Å². The molecular formula is C17H25NO4. The molecule has 1 amide bonds. The molecule has 0 aliphatic carbocycles. The van der Waals surface area contributed by atoms with Crippen molar-refractivity contribution in [1.82, 2.24) is 5.32 Å². The fourth-order valence-corrected chi connectivity index (χ4v) is 1.74. The number of hydrogen-bond donors (Lipinski definition) is 1. The van der Waals surface area contributed by atoms with Gasteiger partial charge in [-0.25, -0.2) is 9.59 Å². The summed E-state index contributed by atoms with van der Waals surface area (Å²) >= 11 is 0. The molecule has 0 aliphatic heterocycles. The van der Waals surface area contributed by atoms with Crippen molar-refractivity contribution in [2.24, 2.45) is 0 Å². The Hall–Kier alpha value is -2.04. The van der Waals surface area contributed by atoms with Crippen molar-refractivity contribution in [2.75, 3.05) is 6.61 Å². The van der Waals surface area contributed by atoms with Gasteiger partial charge in [-0.2, -0.15) is 0 Å². The standard InChI is InChI=1S/C17H25NO4/c1-12-9-7-8-10-13(12)14(19)21-11-17(5,6)18-15(20)22-16(2,3)4/h7-10H,11H2,1-6H3,(H,18,20). The van der Waals surface area contributed by atoms with E-state index in [-0.39, 0.29) is 6.61 Å². The summed E-state index contributed by atoms with van der Waals surface area (Å²) in [4.78, 5) is 23.8. The molecule has 0 atom stereocenters. The van der Waals surface area contributed by atoms with E-state index in [4.69, 9.17) is 9.47 Å². The van der Waals surface area contributed by atoms with Gasteiger partial charge in [-0.3, -0.25) is 0 Å². The van der Waals surface area contributed by atoms with Gasteiger partial charge in [0.1, 0.15) is 12.2 Å². The molecule has 0 unspecified atom stereocenters. The van der Waals surface area contributed by atoms with E-state index in [1.54, 1.807) is 46.8 Å². The van der Waals surface area contributed by atoms with Crippen LogP contribution < -0.4 is 5.32 Å². The third-order valence-corrected chi connectivity index (χ3v) is 2.77. The van der Waals surface area contributed by atoms with Gasteiger partial charge in [0.05, 0.1) is 11.1 Å². The van der Waals surface area contributed by atoms with E-state index in [9.17, 15) is 9.59 Å². The largest absolute Gasteiger partial charge is 0.460 e. The Kier molecular flexibility index (Phi) is 5.58. The molecule has 22 heavy (non-hydrogen) atoms. The molecule has 0 spiro atoms. The Morgan fingerprint density at radius 3 is 2.23 bits per heavy atom. The topological polar surface area (TPSA) is 64.6 Å². The maximum atomic E-state index is 12.1. The minimum absolute atomic E-state index is 0.0550. The number of esters is 1. The highest BCUT2D eigenvalue weighted by molar-refractivity contribution is 5.91. The molecule has 0 aromatic heterocycles.